The molecule has 0 unspecified atom stereocenters. The Kier molecular flexibility index (Phi) is 11.7. The average Bonchev–Trinajstić information content (AvgIpc) is 3.12. The van der Waals surface area contributed by atoms with Gasteiger partial charge in [0.2, 0.25) is 0 Å². The predicted molar refractivity (Wildman–Crippen MR) is 200 cm³/mol. The van der Waals surface area contributed by atoms with Crippen molar-refractivity contribution in [2.45, 2.75) is 32.7 Å². The molecular formula is C39H48N6O6. The fourth-order valence-corrected chi connectivity index (χ4v) is 6.31. The van der Waals surface area contributed by atoms with Crippen LogP contribution in [-0.4, -0.2) is 99.8 Å². The molecule has 12 nitrogen and oxygen atoms in total. The normalized spacial score (nSPS) is 15.7. The van der Waals surface area contributed by atoms with Crippen molar-refractivity contribution in [2.24, 2.45) is 0 Å². The zero-order valence-corrected chi connectivity index (χ0v) is 29.9. The summed E-state index contributed by atoms with van der Waals surface area (Å²) < 4.78 is 22.1. The Morgan fingerprint density at radius 1 is 0.804 bits per heavy atom. The van der Waals surface area contributed by atoms with E-state index in [1.807, 2.05) is 54.7 Å². The molecule has 3 amide bonds. The van der Waals surface area contributed by atoms with Crippen LogP contribution >= 0.6 is 0 Å². The van der Waals surface area contributed by atoms with Crippen LogP contribution in [0.25, 0.3) is 21.9 Å². The van der Waals surface area contributed by atoms with E-state index < -0.39 is 12.1 Å². The second-order valence-electron chi connectivity index (χ2n) is 13.8. The highest BCUT2D eigenvalue weighted by atomic mass is 16.5. The summed E-state index contributed by atoms with van der Waals surface area (Å²) in [5.74, 6) is 0.313. The van der Waals surface area contributed by atoms with E-state index >= 15 is 0 Å². The van der Waals surface area contributed by atoms with E-state index in [1.54, 1.807) is 0 Å². The van der Waals surface area contributed by atoms with Gasteiger partial charge in [-0.2, -0.15) is 0 Å². The Morgan fingerprint density at radius 2 is 1.45 bits per heavy atom. The lowest BCUT2D eigenvalue weighted by molar-refractivity contribution is 0.0290. The number of hydrogen-bond acceptors (Lipinski definition) is 9. The molecule has 0 atom stereocenters. The first-order chi connectivity index (χ1) is 24.7. The molecule has 2 saturated heterocycles. The molecule has 2 aliphatic heterocycles. The van der Waals surface area contributed by atoms with Crippen molar-refractivity contribution < 1.29 is 28.5 Å². The smallest absolute Gasteiger partial charge is 0.411 e. The van der Waals surface area contributed by atoms with Crippen molar-refractivity contribution in [3.8, 4) is 16.9 Å². The Hall–Kier alpha value is -4.75. The molecule has 0 bridgehead atoms. The van der Waals surface area contributed by atoms with Crippen LogP contribution in [0.1, 0.15) is 32.0 Å². The van der Waals surface area contributed by atoms with Gasteiger partial charge in [0.05, 0.1) is 56.3 Å². The van der Waals surface area contributed by atoms with E-state index in [-0.39, 0.29) is 12.0 Å². The Bertz CT molecular complexity index is 1810. The number of nitrogens with one attached hydrogen (secondary N) is 3. The number of aromatic nitrogens is 1. The molecule has 51 heavy (non-hydrogen) atoms. The first kappa shape index (κ1) is 36.1. The molecule has 1 aromatic heterocycles. The standard InChI is InChI=1S/C39H48N6O6/c1-39(2,3)28-23-34(36(48-4)35(24-28)43-38(47)51-22-17-44-13-18-49-19-14-44)42-37(46)41-33-12-11-30(31-7-5-6-8-32(31)33)27-9-10-29(40-25-27)26-45-15-20-50-21-16-45/h5-12,23-25H,13-22,26H2,1-4H3,(H,43,47)(H2,41,42,46). The van der Waals surface area contributed by atoms with E-state index in [0.717, 1.165) is 79.1 Å². The van der Waals surface area contributed by atoms with Crippen molar-refractivity contribution in [2.75, 3.05) is 88.8 Å². The number of anilines is 3. The van der Waals surface area contributed by atoms with Gasteiger partial charge in [-0.15, -0.1) is 0 Å². The highest BCUT2D eigenvalue weighted by Crippen LogP contribution is 2.39. The zero-order chi connectivity index (χ0) is 35.8. The largest absolute Gasteiger partial charge is 0.492 e. The number of ether oxygens (including phenoxy) is 4. The first-order valence-electron chi connectivity index (χ1n) is 17.5. The molecule has 6 rings (SSSR count). The van der Waals surface area contributed by atoms with Crippen LogP contribution in [0.3, 0.4) is 0 Å². The van der Waals surface area contributed by atoms with E-state index in [9.17, 15) is 9.59 Å². The molecule has 0 spiro atoms. The minimum Gasteiger partial charge on any atom is -0.492 e. The molecule has 2 aliphatic rings. The van der Waals surface area contributed by atoms with Crippen LogP contribution in [0.15, 0.2) is 66.9 Å². The van der Waals surface area contributed by atoms with Gasteiger partial charge >= 0.3 is 12.1 Å². The predicted octanol–water partition coefficient (Wildman–Crippen LogP) is 6.56. The van der Waals surface area contributed by atoms with Crippen LogP contribution in [-0.2, 0) is 26.2 Å². The van der Waals surface area contributed by atoms with Gasteiger partial charge < -0.3 is 29.6 Å². The number of fused-ring (bicyclic) bond motifs is 1. The monoisotopic (exact) mass is 696 g/mol. The van der Waals surface area contributed by atoms with Crippen molar-refractivity contribution in [3.05, 3.63) is 78.1 Å². The molecule has 3 aromatic carbocycles. The quantitative estimate of drug-likeness (QED) is 0.169. The molecule has 0 aliphatic carbocycles. The van der Waals surface area contributed by atoms with Gasteiger partial charge in [-0.25, -0.2) is 9.59 Å². The summed E-state index contributed by atoms with van der Waals surface area (Å²) in [5, 5.41) is 10.7. The highest BCUT2D eigenvalue weighted by Gasteiger charge is 2.23. The number of carbonyl (C=O) groups excluding carboxylic acids is 2. The summed E-state index contributed by atoms with van der Waals surface area (Å²) >= 11 is 0. The molecular weight excluding hydrogens is 648 g/mol. The number of rotatable bonds is 10. The maximum atomic E-state index is 13.6. The molecule has 3 N–H and O–H groups in total. The molecule has 3 heterocycles. The van der Waals surface area contributed by atoms with Gasteiger partial charge in [0, 0.05) is 56.4 Å². The van der Waals surface area contributed by atoms with E-state index in [0.29, 0.717) is 42.6 Å². The lowest BCUT2D eigenvalue weighted by Gasteiger charge is -2.26. The Morgan fingerprint density at radius 3 is 2.10 bits per heavy atom. The topological polar surface area (TPSA) is 127 Å². The van der Waals surface area contributed by atoms with Gasteiger partial charge in [0.1, 0.15) is 6.61 Å². The lowest BCUT2D eigenvalue weighted by atomic mass is 9.86. The maximum Gasteiger partial charge on any atom is 0.411 e. The van der Waals surface area contributed by atoms with Gasteiger partial charge in [-0.05, 0) is 46.2 Å². The third-order valence-electron chi connectivity index (χ3n) is 9.19. The summed E-state index contributed by atoms with van der Waals surface area (Å²) in [6.45, 7) is 14.1. The van der Waals surface area contributed by atoms with Crippen molar-refractivity contribution in [1.82, 2.24) is 14.8 Å². The minimum atomic E-state index is -0.600. The number of nitrogens with zero attached hydrogens (tertiary/aromatic N) is 3. The minimum absolute atomic E-state index is 0.240. The van der Waals surface area contributed by atoms with Crippen LogP contribution < -0.4 is 20.7 Å². The molecule has 0 radical (unpaired) electrons. The average molecular weight is 697 g/mol. The second kappa shape index (κ2) is 16.5. The molecule has 12 heteroatoms. The van der Waals surface area contributed by atoms with Gasteiger partial charge in [-0.1, -0.05) is 57.2 Å². The number of amides is 3. The number of carbonyl (C=O) groups is 2. The zero-order valence-electron chi connectivity index (χ0n) is 29.9. The molecule has 2 fully saturated rings. The summed E-state index contributed by atoms with van der Waals surface area (Å²) in [6, 6.07) is 19.3. The fourth-order valence-electron chi connectivity index (χ4n) is 6.31. The van der Waals surface area contributed by atoms with E-state index in [4.69, 9.17) is 23.9 Å². The molecule has 270 valence electrons. The lowest BCUT2D eigenvalue weighted by Crippen LogP contribution is -2.38. The summed E-state index contributed by atoms with van der Waals surface area (Å²) in [7, 11) is 1.50. The van der Waals surface area contributed by atoms with Crippen LogP contribution in [0, 0.1) is 0 Å². The number of hydrogen-bond donors (Lipinski definition) is 3. The van der Waals surface area contributed by atoms with Crippen LogP contribution in [0.4, 0.5) is 26.7 Å². The third kappa shape index (κ3) is 9.33. The van der Waals surface area contributed by atoms with Crippen LogP contribution in [0.2, 0.25) is 0 Å². The van der Waals surface area contributed by atoms with Crippen molar-refractivity contribution >= 4 is 40.0 Å². The number of morpholine rings is 2. The SMILES string of the molecule is COc1c(NC(=O)Nc2ccc(-c3ccc(CN4CCOCC4)nc3)c3ccccc23)cc(C(C)(C)C)cc1NC(=O)OCCN1CCOCC1. The third-order valence-corrected chi connectivity index (χ3v) is 9.19. The van der Waals surface area contributed by atoms with Gasteiger partial charge in [0.15, 0.2) is 5.75 Å². The molecule has 0 saturated carbocycles. The van der Waals surface area contributed by atoms with Gasteiger partial charge in [-0.3, -0.25) is 20.1 Å². The van der Waals surface area contributed by atoms with Crippen molar-refractivity contribution in [3.63, 3.8) is 0 Å². The number of benzene rings is 3. The fraction of sp³-hybridized carbons (Fsp3) is 0.410. The second-order valence-corrected chi connectivity index (χ2v) is 13.8. The molecule has 4 aromatic rings. The van der Waals surface area contributed by atoms with Crippen LogP contribution in [0.5, 0.6) is 5.75 Å². The summed E-state index contributed by atoms with van der Waals surface area (Å²) in [4.78, 5) is 35.8. The van der Waals surface area contributed by atoms with E-state index in [1.165, 1.54) is 7.11 Å². The highest BCUT2D eigenvalue weighted by molar-refractivity contribution is 6.10. The first-order valence-corrected chi connectivity index (χ1v) is 17.5. The number of urea groups is 1. The Balaban J connectivity index is 1.17. The Labute approximate surface area is 299 Å². The maximum absolute atomic E-state index is 13.6. The number of pyridine rings is 1. The number of methoxy groups -OCH3 is 1. The van der Waals surface area contributed by atoms with E-state index in [2.05, 4.69) is 58.7 Å². The van der Waals surface area contributed by atoms with Crippen molar-refractivity contribution in [1.29, 1.82) is 0 Å². The summed E-state index contributed by atoms with van der Waals surface area (Å²) in [5.41, 5.74) is 5.09. The van der Waals surface area contributed by atoms with Gasteiger partial charge in [0.25, 0.3) is 0 Å². The summed E-state index contributed by atoms with van der Waals surface area (Å²) in [6.07, 6.45) is 1.31.